The molecule has 3 aromatic rings. The Morgan fingerprint density at radius 3 is 1.52 bits per heavy atom. The zero-order chi connectivity index (χ0) is 17.5. The second-order valence-corrected chi connectivity index (χ2v) is 7.66. The van der Waals surface area contributed by atoms with E-state index in [4.69, 9.17) is 9.47 Å². The molecule has 0 aliphatic carbocycles. The van der Waals surface area contributed by atoms with E-state index in [0.29, 0.717) is 13.2 Å². The molecule has 128 valence electrons. The lowest BCUT2D eigenvalue weighted by Crippen LogP contribution is -2.11. The van der Waals surface area contributed by atoms with Crippen LogP contribution in [0.15, 0.2) is 93.5 Å². The van der Waals surface area contributed by atoms with Crippen molar-refractivity contribution < 1.29 is 9.47 Å². The molecule has 3 heteroatoms. The zero-order valence-electron chi connectivity index (χ0n) is 14.6. The van der Waals surface area contributed by atoms with Crippen LogP contribution in [0.4, 0.5) is 0 Å². The highest BCUT2D eigenvalue weighted by molar-refractivity contribution is 7.97. The standard InChI is InChI=1S/C22H23O2S/c1-23-16-18-10-6-8-14-21(18)25(20-12-4-3-5-13-20)22-15-9-7-11-19(22)17-24-2/h3-15H,16-17H2,1-2H3/q+1. The smallest absolute Gasteiger partial charge is 0.172 e. The first-order valence-corrected chi connectivity index (χ1v) is 9.50. The van der Waals surface area contributed by atoms with Crippen LogP contribution in [0.3, 0.4) is 0 Å². The number of ether oxygens (including phenoxy) is 2. The molecule has 25 heavy (non-hydrogen) atoms. The summed E-state index contributed by atoms with van der Waals surface area (Å²) in [5.74, 6) is 0. The summed E-state index contributed by atoms with van der Waals surface area (Å²) in [5, 5.41) is 0. The molecule has 0 radical (unpaired) electrons. The molecule has 2 nitrogen and oxygen atoms in total. The van der Waals surface area contributed by atoms with Crippen LogP contribution in [-0.2, 0) is 33.6 Å². The Kier molecular flexibility index (Phi) is 6.29. The second-order valence-electron chi connectivity index (χ2n) is 5.70. The fourth-order valence-electron chi connectivity index (χ4n) is 2.88. The van der Waals surface area contributed by atoms with Crippen LogP contribution in [-0.4, -0.2) is 14.2 Å². The molecule has 0 aliphatic rings. The van der Waals surface area contributed by atoms with Gasteiger partial charge in [0.15, 0.2) is 14.7 Å². The van der Waals surface area contributed by atoms with Crippen LogP contribution in [0.25, 0.3) is 0 Å². The molecule has 0 spiro atoms. The molecular formula is C22H23O2S+. The van der Waals surface area contributed by atoms with Crippen molar-refractivity contribution in [1.29, 1.82) is 0 Å². The molecule has 0 heterocycles. The van der Waals surface area contributed by atoms with Crippen molar-refractivity contribution in [1.82, 2.24) is 0 Å². The van der Waals surface area contributed by atoms with Gasteiger partial charge < -0.3 is 9.47 Å². The lowest BCUT2D eigenvalue weighted by Gasteiger charge is -2.14. The number of rotatable bonds is 7. The fourth-order valence-corrected chi connectivity index (χ4v) is 5.27. The molecule has 0 bridgehead atoms. The predicted octanol–water partition coefficient (Wildman–Crippen LogP) is 5.07. The molecule has 0 unspecified atom stereocenters. The van der Waals surface area contributed by atoms with E-state index in [9.17, 15) is 0 Å². The summed E-state index contributed by atoms with van der Waals surface area (Å²) in [6.45, 7) is 1.22. The Morgan fingerprint density at radius 1 is 0.600 bits per heavy atom. The van der Waals surface area contributed by atoms with Gasteiger partial charge in [-0.3, -0.25) is 0 Å². The highest BCUT2D eigenvalue weighted by Crippen LogP contribution is 2.35. The van der Waals surface area contributed by atoms with Crippen LogP contribution in [0.1, 0.15) is 11.1 Å². The van der Waals surface area contributed by atoms with Crippen LogP contribution < -0.4 is 0 Å². The third kappa shape index (κ3) is 4.13. The van der Waals surface area contributed by atoms with E-state index in [2.05, 4.69) is 78.9 Å². The fraction of sp³-hybridized carbons (Fsp3) is 0.182. The summed E-state index contributed by atoms with van der Waals surface area (Å²) in [6, 6.07) is 27.8. The maximum atomic E-state index is 5.45. The van der Waals surface area contributed by atoms with Gasteiger partial charge >= 0.3 is 0 Å². The third-order valence-electron chi connectivity index (χ3n) is 3.96. The molecule has 0 aliphatic heterocycles. The minimum atomic E-state index is -0.201. The van der Waals surface area contributed by atoms with Gasteiger partial charge in [-0.2, -0.15) is 0 Å². The van der Waals surface area contributed by atoms with Gasteiger partial charge in [0, 0.05) is 25.3 Å². The molecule has 0 atom stereocenters. The maximum Gasteiger partial charge on any atom is 0.172 e. The van der Waals surface area contributed by atoms with Gasteiger partial charge in [0.1, 0.15) is 10.9 Å². The van der Waals surface area contributed by atoms with Gasteiger partial charge in [0.25, 0.3) is 0 Å². The summed E-state index contributed by atoms with van der Waals surface area (Å²) in [5.41, 5.74) is 2.45. The molecule has 3 rings (SSSR count). The Balaban J connectivity index is 2.19. The third-order valence-corrected chi connectivity index (χ3v) is 6.38. The van der Waals surface area contributed by atoms with Gasteiger partial charge in [-0.15, -0.1) is 0 Å². The van der Waals surface area contributed by atoms with Gasteiger partial charge in [-0.25, -0.2) is 0 Å². The monoisotopic (exact) mass is 351 g/mol. The Labute approximate surface area is 152 Å². The Hall–Kier alpha value is -2.07. The Morgan fingerprint density at radius 2 is 1.04 bits per heavy atom. The van der Waals surface area contributed by atoms with Gasteiger partial charge in [0.05, 0.1) is 13.2 Å². The molecule has 3 aromatic carbocycles. The Bertz CT molecular complexity index is 752. The van der Waals surface area contributed by atoms with Gasteiger partial charge in [-0.1, -0.05) is 54.6 Å². The summed E-state index contributed by atoms with van der Waals surface area (Å²) in [7, 11) is 3.29. The van der Waals surface area contributed by atoms with Crippen LogP contribution in [0.5, 0.6) is 0 Å². The second kappa shape index (κ2) is 8.86. The van der Waals surface area contributed by atoms with Crippen molar-refractivity contribution in [2.75, 3.05) is 14.2 Å². The minimum absolute atomic E-state index is 0.201. The van der Waals surface area contributed by atoms with E-state index in [0.717, 1.165) is 0 Å². The molecule has 0 fully saturated rings. The highest BCUT2D eigenvalue weighted by atomic mass is 32.2. The summed E-state index contributed by atoms with van der Waals surface area (Å²) in [6.07, 6.45) is 0. The molecule has 0 amide bonds. The number of benzene rings is 3. The van der Waals surface area contributed by atoms with E-state index in [1.165, 1.54) is 25.8 Å². The largest absolute Gasteiger partial charge is 0.380 e. The lowest BCUT2D eigenvalue weighted by molar-refractivity contribution is 0.182. The minimum Gasteiger partial charge on any atom is -0.380 e. The van der Waals surface area contributed by atoms with Crippen LogP contribution >= 0.6 is 0 Å². The van der Waals surface area contributed by atoms with E-state index < -0.39 is 0 Å². The van der Waals surface area contributed by atoms with Crippen molar-refractivity contribution >= 4 is 10.9 Å². The average molecular weight is 351 g/mol. The molecule has 0 aromatic heterocycles. The highest BCUT2D eigenvalue weighted by Gasteiger charge is 2.32. The molecule has 0 saturated carbocycles. The number of hydrogen-bond donors (Lipinski definition) is 0. The van der Waals surface area contributed by atoms with E-state index in [1.54, 1.807) is 14.2 Å². The van der Waals surface area contributed by atoms with Crippen molar-refractivity contribution in [2.45, 2.75) is 27.9 Å². The molecule has 0 saturated heterocycles. The summed E-state index contributed by atoms with van der Waals surface area (Å²) >= 11 is 0. The molecule has 0 N–H and O–H groups in total. The predicted molar refractivity (Wildman–Crippen MR) is 103 cm³/mol. The first-order chi connectivity index (χ1) is 12.3. The van der Waals surface area contributed by atoms with E-state index >= 15 is 0 Å². The first kappa shape index (κ1) is 17.7. The lowest BCUT2D eigenvalue weighted by atomic mass is 10.2. The maximum absolute atomic E-state index is 5.45. The number of methoxy groups -OCH3 is 2. The first-order valence-electron chi connectivity index (χ1n) is 8.28. The van der Waals surface area contributed by atoms with E-state index in [1.807, 2.05) is 0 Å². The normalized spacial score (nSPS) is 11.0. The van der Waals surface area contributed by atoms with Crippen molar-refractivity contribution in [3.05, 3.63) is 90.0 Å². The summed E-state index contributed by atoms with van der Waals surface area (Å²) in [4.78, 5) is 3.91. The number of hydrogen-bond acceptors (Lipinski definition) is 2. The quantitative estimate of drug-likeness (QED) is 0.553. The van der Waals surface area contributed by atoms with Gasteiger partial charge in [0.2, 0.25) is 0 Å². The van der Waals surface area contributed by atoms with Crippen LogP contribution in [0, 0.1) is 0 Å². The summed E-state index contributed by atoms with van der Waals surface area (Å²) < 4.78 is 10.9. The topological polar surface area (TPSA) is 18.5 Å². The average Bonchev–Trinajstić information content (AvgIpc) is 2.66. The van der Waals surface area contributed by atoms with Crippen molar-refractivity contribution in [3.63, 3.8) is 0 Å². The van der Waals surface area contributed by atoms with E-state index in [-0.39, 0.29) is 10.9 Å². The van der Waals surface area contributed by atoms with Gasteiger partial charge in [-0.05, 0) is 24.3 Å². The SMILES string of the molecule is COCc1ccccc1[S+](c1ccccc1)c1ccccc1COC. The zero-order valence-corrected chi connectivity index (χ0v) is 15.5. The van der Waals surface area contributed by atoms with Crippen molar-refractivity contribution in [3.8, 4) is 0 Å². The molecular weight excluding hydrogens is 328 g/mol. The van der Waals surface area contributed by atoms with Crippen LogP contribution in [0.2, 0.25) is 0 Å². The van der Waals surface area contributed by atoms with Crippen molar-refractivity contribution in [2.24, 2.45) is 0 Å².